The predicted octanol–water partition coefficient (Wildman–Crippen LogP) is 0.878. The van der Waals surface area contributed by atoms with Crippen LogP contribution in [-0.4, -0.2) is 43.5 Å². The average molecular weight is 317 g/mol. The van der Waals surface area contributed by atoms with Crippen molar-refractivity contribution >= 4 is 16.0 Å². The van der Waals surface area contributed by atoms with Crippen LogP contribution >= 0.6 is 0 Å². The molecule has 0 spiro atoms. The highest BCUT2D eigenvalue weighted by atomic mass is 32.2. The highest BCUT2D eigenvalue weighted by molar-refractivity contribution is 7.88. The molecule has 0 amide bonds. The van der Waals surface area contributed by atoms with Gasteiger partial charge in [-0.05, 0) is 37.8 Å². The average Bonchev–Trinajstić information content (AvgIpc) is 3.05. The molecule has 1 aliphatic carbocycles. The Kier molecular flexibility index (Phi) is 4.40. The van der Waals surface area contributed by atoms with Crippen LogP contribution in [0.2, 0.25) is 0 Å². The highest BCUT2D eigenvalue weighted by Crippen LogP contribution is 2.30. The number of ether oxygens (including phenoxy) is 1. The summed E-state index contributed by atoms with van der Waals surface area (Å²) in [6.45, 7) is -0.204. The molecule has 0 bridgehead atoms. The van der Waals surface area contributed by atoms with Gasteiger partial charge in [-0.2, -0.15) is 0 Å². The molecule has 1 aliphatic rings. The second-order valence-corrected chi connectivity index (χ2v) is 7.41. The lowest BCUT2D eigenvalue weighted by Gasteiger charge is -2.19. The largest absolute Gasteiger partial charge is 0.455 e. The van der Waals surface area contributed by atoms with E-state index in [-0.39, 0.29) is 17.5 Å². The molecular weight excluding hydrogens is 298 g/mol. The van der Waals surface area contributed by atoms with Gasteiger partial charge in [0.25, 0.3) is 10.0 Å². The fourth-order valence-electron chi connectivity index (χ4n) is 2.19. The first kappa shape index (κ1) is 16.0. The zero-order valence-electron chi connectivity index (χ0n) is 12.0. The number of carbonyl (C=O) groups excluding carboxylic acids is 1. The van der Waals surface area contributed by atoms with Gasteiger partial charge >= 0.3 is 5.97 Å². The summed E-state index contributed by atoms with van der Waals surface area (Å²) in [6, 6.07) is 2.74. The van der Waals surface area contributed by atoms with Crippen molar-refractivity contribution in [1.82, 2.24) is 4.31 Å². The van der Waals surface area contributed by atoms with E-state index in [0.29, 0.717) is 12.8 Å². The molecule has 0 aromatic carbocycles. The molecule has 1 aromatic rings. The van der Waals surface area contributed by atoms with Gasteiger partial charge < -0.3 is 14.3 Å². The van der Waals surface area contributed by atoms with Crippen LogP contribution in [-0.2, 0) is 26.2 Å². The van der Waals surface area contributed by atoms with E-state index in [4.69, 9.17) is 9.15 Å². The van der Waals surface area contributed by atoms with Crippen LogP contribution in [0.25, 0.3) is 0 Å². The van der Waals surface area contributed by atoms with E-state index in [1.54, 1.807) is 0 Å². The Bertz CT molecular complexity index is 612. The SMILES string of the molecule is CN(C)S(=O)(=O)c1ccc(COC(=O)C2(O)CCCC2)o1. The van der Waals surface area contributed by atoms with E-state index >= 15 is 0 Å². The number of nitrogens with zero attached hydrogens (tertiary/aromatic N) is 1. The molecule has 7 nitrogen and oxygen atoms in total. The summed E-state index contributed by atoms with van der Waals surface area (Å²) in [5, 5.41) is 9.83. The van der Waals surface area contributed by atoms with E-state index in [9.17, 15) is 18.3 Å². The topological polar surface area (TPSA) is 97.0 Å². The fourth-order valence-corrected chi connectivity index (χ4v) is 3.00. The Morgan fingerprint density at radius 1 is 1.38 bits per heavy atom. The third-order valence-electron chi connectivity index (χ3n) is 3.53. The van der Waals surface area contributed by atoms with Gasteiger partial charge in [0.05, 0.1) is 0 Å². The minimum Gasteiger partial charge on any atom is -0.455 e. The Balaban J connectivity index is 1.99. The smallest absolute Gasteiger partial charge is 0.338 e. The van der Waals surface area contributed by atoms with Crippen LogP contribution in [0.3, 0.4) is 0 Å². The molecule has 1 heterocycles. The van der Waals surface area contributed by atoms with Gasteiger partial charge in [-0.3, -0.25) is 0 Å². The summed E-state index contributed by atoms with van der Waals surface area (Å²) >= 11 is 0. The zero-order chi connectivity index (χ0) is 15.7. The lowest BCUT2D eigenvalue weighted by atomic mass is 10.0. The van der Waals surface area contributed by atoms with Crippen molar-refractivity contribution in [3.8, 4) is 0 Å². The van der Waals surface area contributed by atoms with Crippen molar-refractivity contribution in [3.05, 3.63) is 17.9 Å². The first-order valence-corrected chi connectivity index (χ1v) is 8.10. The van der Waals surface area contributed by atoms with Crippen molar-refractivity contribution in [2.45, 2.75) is 43.0 Å². The number of rotatable bonds is 5. The zero-order valence-corrected chi connectivity index (χ0v) is 12.9. The Labute approximate surface area is 123 Å². The van der Waals surface area contributed by atoms with Crippen LogP contribution in [0, 0.1) is 0 Å². The van der Waals surface area contributed by atoms with E-state index < -0.39 is 21.6 Å². The number of hydrogen-bond acceptors (Lipinski definition) is 6. The maximum Gasteiger partial charge on any atom is 0.338 e. The minimum absolute atomic E-state index is 0.204. The van der Waals surface area contributed by atoms with Gasteiger partial charge in [0.1, 0.15) is 12.4 Å². The monoisotopic (exact) mass is 317 g/mol. The van der Waals surface area contributed by atoms with Crippen molar-refractivity contribution in [2.24, 2.45) is 0 Å². The number of sulfonamides is 1. The normalized spacial score (nSPS) is 18.1. The fraction of sp³-hybridized carbons (Fsp3) is 0.615. The van der Waals surface area contributed by atoms with E-state index in [2.05, 4.69) is 0 Å². The molecule has 8 heteroatoms. The summed E-state index contributed by atoms with van der Waals surface area (Å²) in [5.74, 6) is -0.473. The molecule has 1 saturated carbocycles. The van der Waals surface area contributed by atoms with Crippen molar-refractivity contribution < 1.29 is 27.5 Å². The maximum atomic E-state index is 11.8. The molecule has 2 rings (SSSR count). The summed E-state index contributed by atoms with van der Waals surface area (Å²) in [6.07, 6.45) is 2.36. The molecule has 1 aromatic heterocycles. The number of aliphatic hydroxyl groups is 1. The molecule has 1 fully saturated rings. The number of hydrogen-bond donors (Lipinski definition) is 1. The maximum absolute atomic E-state index is 11.8. The van der Waals surface area contributed by atoms with Gasteiger partial charge in [-0.25, -0.2) is 17.5 Å². The number of esters is 1. The first-order valence-electron chi connectivity index (χ1n) is 6.66. The van der Waals surface area contributed by atoms with Crippen molar-refractivity contribution in [3.63, 3.8) is 0 Å². The molecule has 0 atom stereocenters. The molecule has 0 saturated heterocycles. The molecule has 118 valence electrons. The quantitative estimate of drug-likeness (QED) is 0.810. The van der Waals surface area contributed by atoms with Crippen LogP contribution in [0.4, 0.5) is 0 Å². The Morgan fingerprint density at radius 2 is 2.00 bits per heavy atom. The summed E-state index contributed by atoms with van der Waals surface area (Å²) < 4.78 is 34.9. The van der Waals surface area contributed by atoms with Crippen LogP contribution in [0.1, 0.15) is 31.4 Å². The molecule has 0 aliphatic heterocycles. The minimum atomic E-state index is -3.65. The van der Waals surface area contributed by atoms with Gasteiger partial charge in [-0.15, -0.1) is 0 Å². The van der Waals surface area contributed by atoms with Crippen molar-refractivity contribution in [2.75, 3.05) is 14.1 Å². The molecule has 21 heavy (non-hydrogen) atoms. The van der Waals surface area contributed by atoms with Crippen LogP contribution in [0.5, 0.6) is 0 Å². The number of furan rings is 1. The molecule has 1 N–H and O–H groups in total. The first-order chi connectivity index (χ1) is 9.75. The standard InChI is InChI=1S/C13H19NO6S/c1-14(2)21(17,18)11-6-5-10(20-11)9-19-12(15)13(16)7-3-4-8-13/h5-6,16H,3-4,7-9H2,1-2H3. The van der Waals surface area contributed by atoms with Crippen LogP contribution in [0.15, 0.2) is 21.6 Å². The third-order valence-corrected chi connectivity index (χ3v) is 5.22. The van der Waals surface area contributed by atoms with Gasteiger partial charge in [0, 0.05) is 14.1 Å². The lowest BCUT2D eigenvalue weighted by Crippen LogP contribution is -2.36. The highest BCUT2D eigenvalue weighted by Gasteiger charge is 2.40. The van der Waals surface area contributed by atoms with Crippen LogP contribution < -0.4 is 0 Å². The van der Waals surface area contributed by atoms with E-state index in [0.717, 1.165) is 17.1 Å². The van der Waals surface area contributed by atoms with Crippen molar-refractivity contribution in [1.29, 1.82) is 0 Å². The van der Waals surface area contributed by atoms with Gasteiger partial charge in [-0.1, -0.05) is 0 Å². The third kappa shape index (κ3) is 3.28. The second kappa shape index (κ2) is 5.78. The second-order valence-electron chi connectivity index (χ2n) is 5.32. The number of carbonyl (C=O) groups is 1. The van der Waals surface area contributed by atoms with E-state index in [1.807, 2.05) is 0 Å². The lowest BCUT2D eigenvalue weighted by molar-refractivity contribution is -0.166. The summed E-state index contributed by atoms with van der Waals surface area (Å²) in [4.78, 5) is 11.8. The molecular formula is C13H19NO6S. The Hall–Kier alpha value is -1.38. The van der Waals surface area contributed by atoms with E-state index in [1.165, 1.54) is 26.2 Å². The van der Waals surface area contributed by atoms with Gasteiger partial charge in [0.15, 0.2) is 5.60 Å². The molecule has 0 unspecified atom stereocenters. The van der Waals surface area contributed by atoms with Gasteiger partial charge in [0.2, 0.25) is 5.09 Å². The summed E-state index contributed by atoms with van der Waals surface area (Å²) in [7, 11) is -0.854. The predicted molar refractivity (Wildman–Crippen MR) is 72.8 cm³/mol. The Morgan fingerprint density at radius 3 is 2.57 bits per heavy atom. The molecule has 0 radical (unpaired) electrons. The summed E-state index contributed by atoms with van der Waals surface area (Å²) in [5.41, 5.74) is -1.41.